The van der Waals surface area contributed by atoms with Crippen molar-refractivity contribution in [2.75, 3.05) is 0 Å². The molecule has 0 N–H and O–H groups in total. The van der Waals surface area contributed by atoms with E-state index in [-0.39, 0.29) is 0 Å². The third-order valence-corrected chi connectivity index (χ3v) is 11.0. The van der Waals surface area contributed by atoms with Gasteiger partial charge in [0.15, 0.2) is 0 Å². The van der Waals surface area contributed by atoms with Crippen molar-refractivity contribution in [1.82, 2.24) is 0 Å². The summed E-state index contributed by atoms with van der Waals surface area (Å²) < 4.78 is 31.5. The van der Waals surface area contributed by atoms with Crippen molar-refractivity contribution in [3.05, 3.63) is 40.8 Å². The lowest BCUT2D eigenvalue weighted by Crippen LogP contribution is -2.57. The molecule has 0 atom stereocenters. The molecule has 0 saturated heterocycles. The number of carboxylic acid groups (broad SMARTS) is 1. The number of rotatable bonds is 3. The van der Waals surface area contributed by atoms with Crippen LogP contribution in [0.25, 0.3) is 0 Å². The fraction of sp³-hybridized carbons (Fsp3) is 0.742. The van der Waals surface area contributed by atoms with Gasteiger partial charge in [-0.25, -0.2) is 0 Å². The maximum absolute atomic E-state index is 10.5. The minimum absolute atomic E-state index is 0.568. The van der Waals surface area contributed by atoms with Crippen LogP contribution >= 0.6 is 0 Å². The standard InChI is InChI=1S/C29H39.C2HF3O2/c1-18-3-4-19(2)26(5-18)27(28-12-20-6-21(13-28)8-22(7-20)14-28)29-15-23-9-24(16-29)11-25(10-23)17-29;3-2(4,5)1(6)7/h3-5,20-25H,6-17H2,1-2H3;(H,6,7)/q+1;/p-1. The molecule has 0 amide bonds. The smallest absolute Gasteiger partial charge is 0.430 e. The molecule has 8 saturated carbocycles. The molecule has 0 aromatic heterocycles. The topological polar surface area (TPSA) is 40.1 Å². The van der Waals surface area contributed by atoms with E-state index in [1.165, 1.54) is 5.56 Å². The van der Waals surface area contributed by atoms with Gasteiger partial charge < -0.3 is 9.90 Å². The van der Waals surface area contributed by atoms with E-state index in [1.807, 2.05) is 5.92 Å². The van der Waals surface area contributed by atoms with Gasteiger partial charge in [0.1, 0.15) is 11.5 Å². The van der Waals surface area contributed by atoms with E-state index in [4.69, 9.17) is 9.90 Å². The molecular weight excluding hydrogens is 461 g/mol. The largest absolute Gasteiger partial charge is 0.542 e. The third kappa shape index (κ3) is 4.17. The van der Waals surface area contributed by atoms with Gasteiger partial charge in [0.05, 0.1) is 5.56 Å². The Bertz CT molecular complexity index is 911. The van der Waals surface area contributed by atoms with Crippen molar-refractivity contribution in [1.29, 1.82) is 0 Å². The number of halogens is 3. The maximum atomic E-state index is 10.5. The number of carbonyl (C=O) groups excluding carboxylic acids is 1. The number of carbonyl (C=O) groups is 1. The molecule has 0 unspecified atom stereocenters. The molecule has 5 heteroatoms. The predicted molar refractivity (Wildman–Crippen MR) is 131 cm³/mol. The highest BCUT2D eigenvalue weighted by Crippen LogP contribution is 2.73. The first-order valence-corrected chi connectivity index (χ1v) is 14.2. The lowest BCUT2D eigenvalue weighted by Gasteiger charge is -2.64. The predicted octanol–water partition coefficient (Wildman–Crippen LogP) is 6.96. The SMILES string of the molecule is Cc1ccc(C)c([C+](C23CC4CC(CC(C4)C2)C3)C23CC4CC(CC(C4)C2)C3)c1.O=C([O-])C(F)(F)F. The number of hydrogen-bond acceptors (Lipinski definition) is 2. The monoisotopic (exact) mass is 500 g/mol. The van der Waals surface area contributed by atoms with E-state index in [9.17, 15) is 13.2 Å². The molecule has 8 fully saturated rings. The van der Waals surface area contributed by atoms with Crippen molar-refractivity contribution < 1.29 is 23.1 Å². The molecule has 8 aliphatic rings. The second kappa shape index (κ2) is 8.43. The lowest BCUT2D eigenvalue weighted by atomic mass is 9.37. The van der Waals surface area contributed by atoms with Crippen LogP contribution in [0.2, 0.25) is 0 Å². The molecule has 0 spiro atoms. The van der Waals surface area contributed by atoms with Crippen LogP contribution in [-0.2, 0) is 4.79 Å². The van der Waals surface area contributed by atoms with Gasteiger partial charge in [-0.05, 0) is 132 Å². The van der Waals surface area contributed by atoms with Gasteiger partial charge in [-0.3, -0.25) is 0 Å². The molecule has 0 heterocycles. The van der Waals surface area contributed by atoms with Gasteiger partial charge >= 0.3 is 6.18 Å². The molecule has 2 nitrogen and oxygen atoms in total. The van der Waals surface area contributed by atoms with Crippen LogP contribution in [0.5, 0.6) is 0 Å². The summed E-state index contributed by atoms with van der Waals surface area (Å²) in [5.74, 6) is 5.35. The Morgan fingerprint density at radius 2 is 1.11 bits per heavy atom. The number of carboxylic acids is 1. The fourth-order valence-corrected chi connectivity index (χ4v) is 11.0. The van der Waals surface area contributed by atoms with Crippen LogP contribution in [-0.4, -0.2) is 12.1 Å². The second-order valence-electron chi connectivity index (χ2n) is 13.9. The van der Waals surface area contributed by atoms with Gasteiger partial charge in [-0.2, -0.15) is 13.2 Å². The number of aliphatic carboxylic acids is 1. The normalized spacial score (nSPS) is 41.7. The summed E-state index contributed by atoms with van der Waals surface area (Å²) in [6.07, 6.45) is 13.5. The zero-order valence-electron chi connectivity index (χ0n) is 21.6. The van der Waals surface area contributed by atoms with Gasteiger partial charge in [0.25, 0.3) is 0 Å². The summed E-state index contributed by atoms with van der Waals surface area (Å²) in [6.45, 7) is 4.76. The van der Waals surface area contributed by atoms with Crippen molar-refractivity contribution in [3.8, 4) is 0 Å². The van der Waals surface area contributed by atoms with E-state index < -0.39 is 12.1 Å². The number of alkyl halides is 3. The number of benzene rings is 1. The van der Waals surface area contributed by atoms with Crippen molar-refractivity contribution in [2.24, 2.45) is 46.3 Å². The summed E-state index contributed by atoms with van der Waals surface area (Å²) in [7, 11) is 0. The molecule has 196 valence electrons. The minimum Gasteiger partial charge on any atom is -0.542 e. The molecule has 8 aliphatic carbocycles. The molecular formula is C31H39F3O2. The first kappa shape index (κ1) is 24.7. The van der Waals surface area contributed by atoms with E-state index in [0.29, 0.717) is 10.8 Å². The van der Waals surface area contributed by atoms with E-state index >= 15 is 0 Å². The first-order chi connectivity index (χ1) is 16.9. The van der Waals surface area contributed by atoms with Gasteiger partial charge in [-0.1, -0.05) is 0 Å². The van der Waals surface area contributed by atoms with Crippen molar-refractivity contribution >= 4 is 5.97 Å². The Labute approximate surface area is 213 Å². The lowest BCUT2D eigenvalue weighted by molar-refractivity contribution is -0.344. The van der Waals surface area contributed by atoms with Crippen molar-refractivity contribution in [3.63, 3.8) is 0 Å². The average molecular weight is 501 g/mol. The molecule has 0 aliphatic heterocycles. The summed E-state index contributed by atoms with van der Waals surface area (Å²) in [6, 6.07) is 7.43. The van der Waals surface area contributed by atoms with Crippen LogP contribution in [0.3, 0.4) is 0 Å². The summed E-state index contributed by atoms with van der Waals surface area (Å²) in [5.41, 5.74) is 5.93. The summed E-state index contributed by atoms with van der Waals surface area (Å²) >= 11 is 0. The average Bonchev–Trinajstić information content (AvgIpc) is 2.74. The van der Waals surface area contributed by atoms with Crippen LogP contribution in [0, 0.1) is 66.1 Å². The van der Waals surface area contributed by atoms with Crippen LogP contribution < -0.4 is 5.11 Å². The third-order valence-electron chi connectivity index (χ3n) is 11.0. The molecule has 1 aromatic carbocycles. The Morgan fingerprint density at radius 3 is 1.42 bits per heavy atom. The van der Waals surface area contributed by atoms with E-state index in [0.717, 1.165) is 35.5 Å². The highest BCUT2D eigenvalue weighted by atomic mass is 19.4. The van der Waals surface area contributed by atoms with Crippen LogP contribution in [0.4, 0.5) is 13.2 Å². The highest BCUT2D eigenvalue weighted by Gasteiger charge is 2.66. The van der Waals surface area contributed by atoms with Gasteiger partial charge in [0, 0.05) is 35.3 Å². The van der Waals surface area contributed by atoms with E-state index in [1.54, 1.807) is 88.2 Å². The number of aryl methyl sites for hydroxylation is 2. The second-order valence-corrected chi connectivity index (χ2v) is 13.9. The van der Waals surface area contributed by atoms with Gasteiger partial charge in [-0.15, -0.1) is 0 Å². The molecule has 36 heavy (non-hydrogen) atoms. The Hall–Kier alpha value is -1.65. The van der Waals surface area contributed by atoms with Crippen LogP contribution in [0.1, 0.15) is 93.7 Å². The Kier molecular flexibility index (Phi) is 5.78. The number of hydrogen-bond donors (Lipinski definition) is 0. The first-order valence-electron chi connectivity index (χ1n) is 14.2. The van der Waals surface area contributed by atoms with Crippen LogP contribution in [0.15, 0.2) is 18.2 Å². The molecule has 0 radical (unpaired) electrons. The summed E-state index contributed by atoms with van der Waals surface area (Å²) in [5, 5.41) is 8.78. The minimum atomic E-state index is -5.19. The highest BCUT2D eigenvalue weighted by molar-refractivity contribution is 5.70. The van der Waals surface area contributed by atoms with Gasteiger partial charge in [0.2, 0.25) is 0 Å². The molecule has 8 bridgehead atoms. The molecule has 1 aromatic rings. The van der Waals surface area contributed by atoms with Crippen molar-refractivity contribution in [2.45, 2.75) is 97.1 Å². The van der Waals surface area contributed by atoms with E-state index in [2.05, 4.69) is 32.0 Å². The summed E-state index contributed by atoms with van der Waals surface area (Å²) in [4.78, 5) is 8.78. The zero-order valence-corrected chi connectivity index (χ0v) is 21.6. The fourth-order valence-electron chi connectivity index (χ4n) is 11.0. The Balaban J connectivity index is 0.000000305. The Morgan fingerprint density at radius 1 is 0.778 bits per heavy atom. The maximum Gasteiger partial charge on any atom is 0.430 e. The quantitative estimate of drug-likeness (QED) is 0.421. The molecule has 9 rings (SSSR count). The zero-order chi connectivity index (χ0) is 25.5.